The third kappa shape index (κ3) is 59.3. The van der Waals surface area contributed by atoms with Gasteiger partial charge >= 0.3 is 5.97 Å². The number of allylic oxidation sites excluding steroid dienone is 17. The number of hydrogen-bond donors (Lipinski definition) is 1. The van der Waals surface area contributed by atoms with Crippen molar-refractivity contribution in [3.05, 3.63) is 109 Å². The molecule has 9 nitrogen and oxygen atoms in total. The Morgan fingerprint density at radius 1 is 0.450 bits per heavy atom. The molecule has 0 fully saturated rings. The van der Waals surface area contributed by atoms with Crippen LogP contribution in [-0.2, 0) is 27.9 Å². The van der Waals surface area contributed by atoms with Crippen LogP contribution in [0, 0.1) is 0 Å². The summed E-state index contributed by atoms with van der Waals surface area (Å²) in [5.41, 5.74) is 0. The molecule has 10 heteroatoms. The Kier molecular flexibility index (Phi) is 56.4. The van der Waals surface area contributed by atoms with Gasteiger partial charge in [0.15, 0.2) is 0 Å². The fourth-order valence-electron chi connectivity index (χ4n) is 8.97. The molecule has 0 aliphatic carbocycles. The summed E-state index contributed by atoms with van der Waals surface area (Å²) in [4.78, 5) is 40.1. The van der Waals surface area contributed by atoms with Crippen LogP contribution in [0.3, 0.4) is 0 Å². The van der Waals surface area contributed by atoms with E-state index in [1.165, 1.54) is 103 Å². The van der Waals surface area contributed by atoms with Gasteiger partial charge in [0.1, 0.15) is 19.3 Å². The average molecular weight is 1140 g/mol. The van der Waals surface area contributed by atoms with E-state index in [1.54, 1.807) is 0 Å². The lowest BCUT2D eigenvalue weighted by Crippen LogP contribution is -2.47. The Labute approximate surface area is 493 Å². The summed E-state index contributed by atoms with van der Waals surface area (Å²) in [7, 11) is 1.16. The predicted octanol–water partition coefficient (Wildman–Crippen LogP) is 19.9. The van der Waals surface area contributed by atoms with Crippen LogP contribution >= 0.6 is 7.82 Å². The number of carbonyl (C=O) groups is 2. The van der Waals surface area contributed by atoms with Gasteiger partial charge in [0.05, 0.1) is 33.8 Å². The molecule has 80 heavy (non-hydrogen) atoms. The second-order valence-corrected chi connectivity index (χ2v) is 24.3. The van der Waals surface area contributed by atoms with Gasteiger partial charge in [-0.15, -0.1) is 0 Å². The number of quaternary nitrogens is 1. The molecule has 0 radical (unpaired) electrons. The van der Waals surface area contributed by atoms with Crippen molar-refractivity contribution in [2.45, 2.75) is 283 Å². The molecule has 0 bridgehead atoms. The largest absolute Gasteiger partial charge is 0.756 e. The molecule has 0 aromatic carbocycles. The van der Waals surface area contributed by atoms with Crippen molar-refractivity contribution in [3.63, 3.8) is 0 Å². The van der Waals surface area contributed by atoms with Crippen LogP contribution in [0.5, 0.6) is 0 Å². The van der Waals surface area contributed by atoms with Crippen LogP contribution in [0.25, 0.3) is 0 Å². The maximum atomic E-state index is 13.6. The zero-order chi connectivity index (χ0) is 58.6. The highest BCUT2D eigenvalue weighted by Crippen LogP contribution is 2.38. The molecule has 0 saturated heterocycles. The normalized spacial score (nSPS) is 14.3. The Balaban J connectivity index is 5.15. The number of unbranched alkanes of at least 4 members (excludes halogenated alkanes) is 26. The van der Waals surface area contributed by atoms with Crippen molar-refractivity contribution in [1.29, 1.82) is 0 Å². The number of carbonyl (C=O) groups excluding carboxylic acids is 2. The van der Waals surface area contributed by atoms with Crippen LogP contribution < -0.4 is 10.2 Å². The first-order valence-corrected chi connectivity index (χ1v) is 34.2. The van der Waals surface area contributed by atoms with E-state index in [0.29, 0.717) is 17.4 Å². The fraction of sp³-hybridized carbons (Fsp3) is 0.714. The first kappa shape index (κ1) is 76.7. The van der Waals surface area contributed by atoms with E-state index >= 15 is 0 Å². The summed E-state index contributed by atoms with van der Waals surface area (Å²) < 4.78 is 30.3. The van der Waals surface area contributed by atoms with Crippen LogP contribution in [0.1, 0.15) is 271 Å². The quantitative estimate of drug-likeness (QED) is 0.0212. The number of nitrogens with one attached hydrogen (secondary N) is 1. The summed E-state index contributed by atoms with van der Waals surface area (Å²) in [5.74, 6) is -0.563. The minimum atomic E-state index is -4.71. The Bertz CT molecular complexity index is 1740. The van der Waals surface area contributed by atoms with E-state index in [9.17, 15) is 19.0 Å². The second kappa shape index (κ2) is 58.9. The van der Waals surface area contributed by atoms with E-state index < -0.39 is 26.6 Å². The molecule has 0 spiro atoms. The fourth-order valence-corrected chi connectivity index (χ4v) is 9.70. The molecule has 1 N–H and O–H groups in total. The second-order valence-electron chi connectivity index (χ2n) is 22.9. The van der Waals surface area contributed by atoms with Crippen LogP contribution in [0.2, 0.25) is 0 Å². The Morgan fingerprint density at radius 2 is 0.800 bits per heavy atom. The maximum absolute atomic E-state index is 13.6. The van der Waals surface area contributed by atoms with Gasteiger partial charge in [0.25, 0.3) is 7.82 Å². The van der Waals surface area contributed by atoms with E-state index in [2.05, 4.69) is 123 Å². The summed E-state index contributed by atoms with van der Waals surface area (Å²) in [6.07, 6.45) is 80.6. The highest BCUT2D eigenvalue weighted by atomic mass is 31.2. The van der Waals surface area contributed by atoms with Gasteiger partial charge in [-0.2, -0.15) is 0 Å². The minimum absolute atomic E-state index is 0.0303. The van der Waals surface area contributed by atoms with Crippen molar-refractivity contribution in [3.8, 4) is 0 Å². The lowest BCUT2D eigenvalue weighted by molar-refractivity contribution is -0.870. The molecule has 0 saturated carbocycles. The monoisotopic (exact) mass is 1130 g/mol. The molecule has 0 rings (SSSR count). The summed E-state index contributed by atoms with van der Waals surface area (Å²) in [5, 5.41) is 3.03. The van der Waals surface area contributed by atoms with Crippen LogP contribution in [0.15, 0.2) is 109 Å². The van der Waals surface area contributed by atoms with Crippen molar-refractivity contribution < 1.29 is 37.3 Å². The molecule has 0 aromatic rings. The third-order valence-corrected chi connectivity index (χ3v) is 14.9. The van der Waals surface area contributed by atoms with Crippen molar-refractivity contribution in [2.24, 2.45) is 0 Å². The number of hydrogen-bond acceptors (Lipinski definition) is 7. The first-order chi connectivity index (χ1) is 38.9. The molecule has 0 heterocycles. The standard InChI is InChI=1S/C70H123N2O7P/c1-7-10-13-16-19-22-25-28-30-31-32-33-34-35-36-37-38-39-40-41-42-44-47-50-53-56-59-62-69(73)71-67(66-78-80(75,76)77-65-64-72(4,5)6)68(61-58-55-52-49-46-43-27-24-21-18-15-12-9-3)79-70(74)63-60-57-54-51-48-45-29-26-23-20-17-14-11-8-2/h10-11,13-14,19-20,22-23,28,30,32-33,35-36,38-39,58,61,67-68H,7-9,12,15-18,21,24-27,29,31,34,37,40-57,59-60,62-66H2,1-6H3,(H-,71,73,75,76)/b13-10-,14-11+,22-19-,23-20+,30-28-,33-32-,36-35-,39-38-,61-58-. The number of amides is 1. The highest BCUT2D eigenvalue weighted by molar-refractivity contribution is 7.45. The summed E-state index contributed by atoms with van der Waals surface area (Å²) >= 11 is 0. The topological polar surface area (TPSA) is 114 Å². The molecular formula is C70H123N2O7P. The Morgan fingerprint density at radius 3 is 1.20 bits per heavy atom. The van der Waals surface area contributed by atoms with Crippen LogP contribution in [0.4, 0.5) is 0 Å². The van der Waals surface area contributed by atoms with E-state index in [1.807, 2.05) is 33.3 Å². The molecule has 1 amide bonds. The number of rotatable bonds is 58. The lowest BCUT2D eigenvalue weighted by Gasteiger charge is -2.30. The third-order valence-electron chi connectivity index (χ3n) is 13.9. The molecule has 0 aliphatic rings. The minimum Gasteiger partial charge on any atom is -0.756 e. The molecule has 0 aliphatic heterocycles. The number of phosphoric ester groups is 1. The first-order valence-electron chi connectivity index (χ1n) is 32.7. The van der Waals surface area contributed by atoms with Gasteiger partial charge in [-0.25, -0.2) is 0 Å². The number of phosphoric acid groups is 1. The van der Waals surface area contributed by atoms with Gasteiger partial charge in [-0.05, 0) is 109 Å². The smallest absolute Gasteiger partial charge is 0.306 e. The Hall–Kier alpha value is -3.33. The molecule has 3 unspecified atom stereocenters. The van der Waals surface area contributed by atoms with Crippen LogP contribution in [-0.4, -0.2) is 69.4 Å². The van der Waals surface area contributed by atoms with E-state index in [0.717, 1.165) is 135 Å². The van der Waals surface area contributed by atoms with Gasteiger partial charge in [-0.3, -0.25) is 14.2 Å². The summed E-state index contributed by atoms with van der Waals surface area (Å²) in [6, 6.07) is -0.903. The zero-order valence-electron chi connectivity index (χ0n) is 52.5. The zero-order valence-corrected chi connectivity index (χ0v) is 53.4. The number of likely N-dealkylation sites (N-methyl/N-ethyl adjacent to an activating group) is 1. The van der Waals surface area contributed by atoms with Crippen molar-refractivity contribution in [1.82, 2.24) is 5.32 Å². The lowest BCUT2D eigenvalue weighted by atomic mass is 10.0. The van der Waals surface area contributed by atoms with E-state index in [-0.39, 0.29) is 24.9 Å². The molecule has 0 aromatic heterocycles. The molecule has 460 valence electrons. The average Bonchev–Trinajstić information content (AvgIpc) is 3.42. The number of esters is 1. The SMILES string of the molecule is CC/C=C\C/C=C\C/C=C\C/C=C\C/C=C\C/C=C\CCCCCCCCCCC(=O)NC(COP(=O)([O-])OCC[N+](C)(C)C)C(/C=C\CCCCCCCCCCCCC)OC(=O)CCCCCCCCC/C=C/C/C=C/CC. The van der Waals surface area contributed by atoms with E-state index in [4.69, 9.17) is 13.8 Å². The van der Waals surface area contributed by atoms with Gasteiger partial charge in [0.2, 0.25) is 5.91 Å². The predicted molar refractivity (Wildman–Crippen MR) is 344 cm³/mol. The number of ether oxygens (including phenoxy) is 1. The van der Waals surface area contributed by atoms with Gasteiger partial charge in [0, 0.05) is 12.8 Å². The molecular weight excluding hydrogens is 1010 g/mol. The maximum Gasteiger partial charge on any atom is 0.306 e. The number of nitrogens with zero attached hydrogens (tertiary/aromatic N) is 1. The molecule has 3 atom stereocenters. The summed E-state index contributed by atoms with van der Waals surface area (Å²) in [6.45, 7) is 6.61. The van der Waals surface area contributed by atoms with Gasteiger partial charge < -0.3 is 28.5 Å². The highest BCUT2D eigenvalue weighted by Gasteiger charge is 2.27. The van der Waals surface area contributed by atoms with Crippen molar-refractivity contribution in [2.75, 3.05) is 40.9 Å². The van der Waals surface area contributed by atoms with Gasteiger partial charge in [-0.1, -0.05) is 259 Å². The van der Waals surface area contributed by atoms with Crippen molar-refractivity contribution >= 4 is 19.7 Å².